The maximum atomic E-state index is 12.1. The smallest absolute Gasteiger partial charge is 0.269 e. The number of benzene rings is 2. The average molecular weight is 371 g/mol. The Kier molecular flexibility index (Phi) is 5.76. The second kappa shape index (κ2) is 7.61. The van der Waals surface area contributed by atoms with Gasteiger partial charge in [-0.3, -0.25) is 10.1 Å². The number of non-ortho nitro benzene ring substituents is 1. The molecular weight excluding hydrogens is 356 g/mol. The Morgan fingerprint density at radius 3 is 2.46 bits per heavy atom. The van der Waals surface area contributed by atoms with E-state index in [1.54, 1.807) is 18.2 Å². The Bertz CT molecular complexity index is 837. The number of hydrogen-bond donors (Lipinski definition) is 1. The molecule has 7 nitrogen and oxygen atoms in total. The Balaban J connectivity index is 1.90. The van der Waals surface area contributed by atoms with Crippen LogP contribution in [0.25, 0.3) is 0 Å². The van der Waals surface area contributed by atoms with Gasteiger partial charge in [-0.25, -0.2) is 13.1 Å². The van der Waals surface area contributed by atoms with Gasteiger partial charge in [0.25, 0.3) is 5.69 Å². The third-order valence-corrected chi connectivity index (χ3v) is 5.05. The van der Waals surface area contributed by atoms with Crippen LogP contribution in [0.15, 0.2) is 47.4 Å². The third kappa shape index (κ3) is 4.67. The van der Waals surface area contributed by atoms with Crippen LogP contribution in [0.3, 0.4) is 0 Å². The van der Waals surface area contributed by atoms with Crippen molar-refractivity contribution in [3.8, 4) is 5.75 Å². The van der Waals surface area contributed by atoms with E-state index in [0.29, 0.717) is 10.8 Å². The molecule has 0 saturated heterocycles. The molecule has 9 heteroatoms. The van der Waals surface area contributed by atoms with Gasteiger partial charge in [0.2, 0.25) is 10.0 Å². The number of sulfonamides is 1. The van der Waals surface area contributed by atoms with Crippen LogP contribution < -0.4 is 9.46 Å². The summed E-state index contributed by atoms with van der Waals surface area (Å²) in [6.45, 7) is 2.03. The topological polar surface area (TPSA) is 98.5 Å². The maximum absolute atomic E-state index is 12.1. The first-order valence-corrected chi connectivity index (χ1v) is 8.79. The van der Waals surface area contributed by atoms with Crippen molar-refractivity contribution in [3.05, 3.63) is 63.2 Å². The molecule has 0 heterocycles. The van der Waals surface area contributed by atoms with Gasteiger partial charge in [-0.2, -0.15) is 0 Å². The fourth-order valence-electron chi connectivity index (χ4n) is 1.84. The summed E-state index contributed by atoms with van der Waals surface area (Å²) in [6, 6.07) is 9.84. The monoisotopic (exact) mass is 370 g/mol. The van der Waals surface area contributed by atoms with E-state index in [-0.39, 0.29) is 23.7 Å². The summed E-state index contributed by atoms with van der Waals surface area (Å²) in [4.78, 5) is 9.92. The minimum atomic E-state index is -3.75. The molecule has 0 aliphatic rings. The van der Waals surface area contributed by atoms with E-state index in [1.807, 2.05) is 6.92 Å². The molecule has 0 bridgehead atoms. The molecule has 128 valence electrons. The molecule has 24 heavy (non-hydrogen) atoms. The number of halogens is 1. The Labute approximate surface area is 144 Å². The molecule has 0 fully saturated rings. The normalized spacial score (nSPS) is 11.2. The zero-order chi connectivity index (χ0) is 17.7. The standard InChI is InChI=1S/C15H15ClN2O5S/c1-11-2-5-13(10-15(11)16)23-9-8-17-24(21,22)14-6-3-12(4-7-14)18(19)20/h2-7,10,17H,8-9H2,1H3. The molecule has 2 aromatic carbocycles. The van der Waals surface area contributed by atoms with E-state index in [9.17, 15) is 18.5 Å². The van der Waals surface area contributed by atoms with Crippen molar-refractivity contribution in [3.63, 3.8) is 0 Å². The van der Waals surface area contributed by atoms with Crippen LogP contribution >= 0.6 is 11.6 Å². The number of nitro benzene ring substituents is 1. The number of aryl methyl sites for hydroxylation is 1. The fraction of sp³-hybridized carbons (Fsp3) is 0.200. The largest absolute Gasteiger partial charge is 0.492 e. The second-order valence-corrected chi connectivity index (χ2v) is 7.08. The lowest BCUT2D eigenvalue weighted by molar-refractivity contribution is -0.384. The van der Waals surface area contributed by atoms with Crippen molar-refractivity contribution in [2.75, 3.05) is 13.2 Å². The Hall–Kier alpha value is -2.16. The molecule has 1 N–H and O–H groups in total. The van der Waals surface area contributed by atoms with Crippen molar-refractivity contribution in [1.29, 1.82) is 0 Å². The minimum absolute atomic E-state index is 0.0464. The summed E-state index contributed by atoms with van der Waals surface area (Å²) >= 11 is 5.97. The number of nitro groups is 1. The van der Waals surface area contributed by atoms with E-state index in [0.717, 1.165) is 17.7 Å². The molecule has 0 aliphatic carbocycles. The van der Waals surface area contributed by atoms with Crippen LogP contribution in [-0.4, -0.2) is 26.5 Å². The Morgan fingerprint density at radius 1 is 1.21 bits per heavy atom. The second-order valence-electron chi connectivity index (χ2n) is 4.91. The van der Waals surface area contributed by atoms with E-state index in [1.165, 1.54) is 12.1 Å². The summed E-state index contributed by atoms with van der Waals surface area (Å²) in [5.74, 6) is 0.542. The van der Waals surface area contributed by atoms with Gasteiger partial charge in [-0.05, 0) is 36.8 Å². The van der Waals surface area contributed by atoms with Gasteiger partial charge in [-0.15, -0.1) is 0 Å². The number of rotatable bonds is 7. The molecular formula is C15H15ClN2O5S. The lowest BCUT2D eigenvalue weighted by atomic mass is 10.2. The van der Waals surface area contributed by atoms with Crippen molar-refractivity contribution in [1.82, 2.24) is 4.72 Å². The van der Waals surface area contributed by atoms with Crippen LogP contribution in [-0.2, 0) is 10.0 Å². The highest BCUT2D eigenvalue weighted by molar-refractivity contribution is 7.89. The number of nitrogens with zero attached hydrogens (tertiary/aromatic N) is 1. The van der Waals surface area contributed by atoms with Gasteiger partial charge >= 0.3 is 0 Å². The van der Waals surface area contributed by atoms with Crippen molar-refractivity contribution in [2.24, 2.45) is 0 Å². The first kappa shape index (κ1) is 18.2. The van der Waals surface area contributed by atoms with Crippen molar-refractivity contribution in [2.45, 2.75) is 11.8 Å². The predicted octanol–water partition coefficient (Wildman–Crippen LogP) is 2.91. The van der Waals surface area contributed by atoms with Crippen LogP contribution in [0, 0.1) is 17.0 Å². The van der Waals surface area contributed by atoms with Gasteiger partial charge in [0.15, 0.2) is 0 Å². The molecule has 0 radical (unpaired) electrons. The van der Waals surface area contributed by atoms with Gasteiger partial charge in [0.1, 0.15) is 12.4 Å². The molecule has 0 saturated carbocycles. The van der Waals surface area contributed by atoms with Crippen molar-refractivity contribution >= 4 is 27.3 Å². The molecule has 0 aromatic heterocycles. The van der Waals surface area contributed by atoms with E-state index < -0.39 is 14.9 Å². The summed E-state index contributed by atoms with van der Waals surface area (Å²) in [6.07, 6.45) is 0. The molecule has 2 rings (SSSR count). The predicted molar refractivity (Wildman–Crippen MR) is 90.0 cm³/mol. The zero-order valence-electron chi connectivity index (χ0n) is 12.7. The highest BCUT2D eigenvalue weighted by Crippen LogP contribution is 2.21. The Morgan fingerprint density at radius 2 is 1.88 bits per heavy atom. The number of ether oxygens (including phenoxy) is 1. The maximum Gasteiger partial charge on any atom is 0.269 e. The molecule has 0 amide bonds. The van der Waals surface area contributed by atoms with Crippen LogP contribution in [0.2, 0.25) is 5.02 Å². The molecule has 0 aliphatic heterocycles. The van der Waals surface area contributed by atoms with Crippen LogP contribution in [0.5, 0.6) is 5.75 Å². The average Bonchev–Trinajstić information content (AvgIpc) is 2.55. The third-order valence-electron chi connectivity index (χ3n) is 3.16. The summed E-state index contributed by atoms with van der Waals surface area (Å²) in [7, 11) is -3.75. The number of nitrogens with one attached hydrogen (secondary N) is 1. The highest BCUT2D eigenvalue weighted by atomic mass is 35.5. The highest BCUT2D eigenvalue weighted by Gasteiger charge is 2.15. The molecule has 2 aromatic rings. The lowest BCUT2D eigenvalue weighted by Crippen LogP contribution is -2.28. The molecule has 0 atom stereocenters. The van der Waals surface area contributed by atoms with E-state index in [4.69, 9.17) is 16.3 Å². The van der Waals surface area contributed by atoms with Crippen LogP contribution in [0.1, 0.15) is 5.56 Å². The van der Waals surface area contributed by atoms with Crippen LogP contribution in [0.4, 0.5) is 5.69 Å². The summed E-state index contributed by atoms with van der Waals surface area (Å²) in [5.41, 5.74) is 0.747. The SMILES string of the molecule is Cc1ccc(OCCNS(=O)(=O)c2ccc([N+](=O)[O-])cc2)cc1Cl. The lowest BCUT2D eigenvalue weighted by Gasteiger charge is -2.09. The molecule has 0 unspecified atom stereocenters. The first-order valence-electron chi connectivity index (χ1n) is 6.93. The van der Waals surface area contributed by atoms with Gasteiger partial charge in [0.05, 0.1) is 9.82 Å². The van der Waals surface area contributed by atoms with Gasteiger partial charge < -0.3 is 4.74 Å². The fourth-order valence-corrected chi connectivity index (χ4v) is 3.02. The summed E-state index contributed by atoms with van der Waals surface area (Å²) < 4.78 is 31.9. The zero-order valence-corrected chi connectivity index (χ0v) is 14.3. The van der Waals surface area contributed by atoms with Gasteiger partial charge in [-0.1, -0.05) is 17.7 Å². The minimum Gasteiger partial charge on any atom is -0.492 e. The first-order chi connectivity index (χ1) is 11.3. The number of hydrogen-bond acceptors (Lipinski definition) is 5. The molecule has 0 spiro atoms. The van der Waals surface area contributed by atoms with Crippen molar-refractivity contribution < 1.29 is 18.1 Å². The summed E-state index contributed by atoms with van der Waals surface area (Å²) in [5, 5.41) is 11.1. The van der Waals surface area contributed by atoms with E-state index >= 15 is 0 Å². The van der Waals surface area contributed by atoms with Gasteiger partial charge in [0, 0.05) is 23.7 Å². The quantitative estimate of drug-likeness (QED) is 0.459. The van der Waals surface area contributed by atoms with E-state index in [2.05, 4.69) is 4.72 Å².